The lowest BCUT2D eigenvalue weighted by molar-refractivity contribution is -0.00755. The van der Waals surface area contributed by atoms with Crippen LogP contribution in [-0.2, 0) is 54.5 Å². The standard InChI is InChI=1S/C31H29BCl3N3O4.C19H13Cl3N2O3.C12H18BNO2.CH4.ClH/c1-4-31(5-2)21-10-8-18(13-22(21)32(40)41-31)17-36-29(39)20-9-11-27(38-12-6-7-26(20)38)25-16-30(3,42-37-25)19-14-23(33)28(35)24(34)15-19;1-19(10-7-12(20)17(22)13(21)8-10)9-14(23-27-19)16-5-4-11(18(25)26)15-3-2-6-24(15)16;1-3-12(4-2)10-6-5-9(8-14)7-11(10)13(15)16-12;;/h6-15,40H,4-5,16-17H2,1-3H3,(H,36,39);2-8H,9H2,1H3,(H,25,26);5-7,15H,3-4,8,14H2,1-2H3;1H4;1H. The van der Waals surface area contributed by atoms with E-state index in [1.165, 1.54) is 0 Å². The maximum Gasteiger partial charge on any atom is 0.492 e. The molecular weight excluding hydrogens is 1250 g/mol. The van der Waals surface area contributed by atoms with Crippen molar-refractivity contribution < 1.29 is 43.7 Å². The monoisotopic (exact) mass is 1320 g/mol. The van der Waals surface area contributed by atoms with Gasteiger partial charge in [-0.05, 0) is 146 Å². The van der Waals surface area contributed by atoms with E-state index in [0.717, 1.165) is 92.6 Å². The largest absolute Gasteiger partial charge is 0.492 e. The van der Waals surface area contributed by atoms with E-state index >= 15 is 0 Å². The van der Waals surface area contributed by atoms with E-state index in [9.17, 15) is 24.7 Å². The van der Waals surface area contributed by atoms with E-state index in [0.29, 0.717) is 72.9 Å². The van der Waals surface area contributed by atoms with Crippen molar-refractivity contribution in [3.05, 3.63) is 208 Å². The van der Waals surface area contributed by atoms with Gasteiger partial charge in [0.15, 0.2) is 11.2 Å². The van der Waals surface area contributed by atoms with Gasteiger partial charge in [0.05, 0.1) is 74.9 Å². The first-order valence-corrected chi connectivity index (χ1v) is 30.0. The van der Waals surface area contributed by atoms with Gasteiger partial charge in [0.25, 0.3) is 5.91 Å². The maximum absolute atomic E-state index is 13.3. The van der Waals surface area contributed by atoms with Crippen molar-refractivity contribution in [1.29, 1.82) is 0 Å². The molecule has 4 aromatic heterocycles. The van der Waals surface area contributed by atoms with Crippen molar-refractivity contribution in [3.8, 4) is 0 Å². The number of hydrogen-bond acceptors (Lipinski definition) is 11. The number of hydrogen-bond donors (Lipinski definition) is 5. The Morgan fingerprint density at radius 1 is 0.609 bits per heavy atom. The lowest BCUT2D eigenvalue weighted by Crippen LogP contribution is -2.30. The predicted molar refractivity (Wildman–Crippen MR) is 352 cm³/mol. The third kappa shape index (κ3) is 12.6. The molecule has 0 bridgehead atoms. The average molecular weight is 1320 g/mol. The van der Waals surface area contributed by atoms with Crippen LogP contribution in [0.15, 0.2) is 132 Å². The summed E-state index contributed by atoms with van der Waals surface area (Å²) in [5.74, 6) is -1.19. The molecule has 0 saturated heterocycles. The van der Waals surface area contributed by atoms with Gasteiger partial charge < -0.3 is 54.0 Å². The van der Waals surface area contributed by atoms with Gasteiger partial charge in [0.2, 0.25) is 0 Å². The number of carbonyl (C=O) groups is 2. The molecule has 15 nitrogen and oxygen atoms in total. The summed E-state index contributed by atoms with van der Waals surface area (Å²) < 4.78 is 15.4. The van der Waals surface area contributed by atoms with Crippen LogP contribution in [0.25, 0.3) is 11.0 Å². The number of oxime groups is 2. The van der Waals surface area contributed by atoms with E-state index in [-0.39, 0.29) is 36.9 Å². The zero-order chi connectivity index (χ0) is 60.9. The fraction of sp³-hybridized carbons (Fsp3) is 0.302. The maximum atomic E-state index is 13.3. The van der Waals surface area contributed by atoms with E-state index in [2.05, 4.69) is 43.3 Å². The van der Waals surface area contributed by atoms with Gasteiger partial charge in [0.1, 0.15) is 11.4 Å². The zero-order valence-corrected chi connectivity index (χ0v) is 53.0. The molecule has 0 aliphatic carbocycles. The summed E-state index contributed by atoms with van der Waals surface area (Å²) in [6.45, 7) is 12.9. The minimum absolute atomic E-state index is 0. The minimum atomic E-state index is -0.981. The highest BCUT2D eigenvalue weighted by Crippen LogP contribution is 2.44. The van der Waals surface area contributed by atoms with Crippen molar-refractivity contribution in [1.82, 2.24) is 14.1 Å². The summed E-state index contributed by atoms with van der Waals surface area (Å²) in [4.78, 5) is 36.4. The zero-order valence-electron chi connectivity index (χ0n) is 47.7. The van der Waals surface area contributed by atoms with Crippen LogP contribution in [0.2, 0.25) is 30.1 Å². The fourth-order valence-electron chi connectivity index (χ4n) is 11.8. The molecule has 0 saturated carbocycles. The number of carboxylic acid groups (broad SMARTS) is 1. The Bertz CT molecular complexity index is 3960. The molecule has 8 aromatic rings. The van der Waals surface area contributed by atoms with Gasteiger partial charge >= 0.3 is 20.2 Å². The normalized spacial score (nSPS) is 18.4. The first-order chi connectivity index (χ1) is 40.5. The number of amides is 1. The molecule has 2 unspecified atom stereocenters. The third-order valence-electron chi connectivity index (χ3n) is 16.8. The second-order valence-electron chi connectivity index (χ2n) is 21.8. The molecular formula is C63H65B2Cl7N6O9. The van der Waals surface area contributed by atoms with Crippen LogP contribution in [0, 0.1) is 0 Å². The Morgan fingerprint density at radius 2 is 1.01 bits per heavy atom. The number of aromatic nitrogens is 2. The molecule has 8 heterocycles. The Morgan fingerprint density at radius 3 is 1.43 bits per heavy atom. The Kier molecular flexibility index (Phi) is 20.7. The molecule has 4 aliphatic heterocycles. The summed E-state index contributed by atoms with van der Waals surface area (Å²) in [6.07, 6.45) is 7.90. The van der Waals surface area contributed by atoms with Crippen molar-refractivity contribution in [2.24, 2.45) is 16.0 Å². The molecule has 456 valence electrons. The molecule has 4 aliphatic rings. The molecule has 24 heteroatoms. The summed E-state index contributed by atoms with van der Waals surface area (Å²) in [5, 5.41) is 43.5. The lowest BCUT2D eigenvalue weighted by Gasteiger charge is -2.28. The summed E-state index contributed by atoms with van der Waals surface area (Å²) in [7, 11) is -1.78. The van der Waals surface area contributed by atoms with Crippen LogP contribution in [0.3, 0.4) is 0 Å². The predicted octanol–water partition coefficient (Wildman–Crippen LogP) is 14.2. The highest BCUT2D eigenvalue weighted by Gasteiger charge is 2.46. The number of halogens is 7. The number of carboxylic acids is 1. The second kappa shape index (κ2) is 26.7. The van der Waals surface area contributed by atoms with Crippen LogP contribution < -0.4 is 22.0 Å². The molecule has 0 radical (unpaired) electrons. The number of nitrogens with zero attached hydrogens (tertiary/aromatic N) is 4. The van der Waals surface area contributed by atoms with Gasteiger partial charge in [-0.3, -0.25) is 4.79 Å². The van der Waals surface area contributed by atoms with Crippen LogP contribution in [0.4, 0.5) is 0 Å². The smallest absolute Gasteiger partial charge is 0.478 e. The average Bonchev–Trinajstić information content (AvgIpc) is 2.13. The first-order valence-electron chi connectivity index (χ1n) is 27.8. The van der Waals surface area contributed by atoms with E-state index in [1.807, 2.05) is 79.0 Å². The quantitative estimate of drug-likeness (QED) is 0.0546. The van der Waals surface area contributed by atoms with Crippen molar-refractivity contribution in [2.75, 3.05) is 0 Å². The molecule has 4 aromatic carbocycles. The molecule has 12 rings (SSSR count). The summed E-state index contributed by atoms with van der Waals surface area (Å²) >= 11 is 37.0. The minimum Gasteiger partial charge on any atom is -0.478 e. The Labute approximate surface area is 542 Å². The van der Waals surface area contributed by atoms with Gasteiger partial charge in [-0.15, -0.1) is 12.4 Å². The van der Waals surface area contributed by atoms with E-state index < -0.39 is 37.0 Å². The number of aromatic carboxylic acids is 1. The highest BCUT2D eigenvalue weighted by atomic mass is 35.5. The van der Waals surface area contributed by atoms with Gasteiger partial charge in [-0.2, -0.15) is 0 Å². The highest BCUT2D eigenvalue weighted by molar-refractivity contribution is 6.62. The van der Waals surface area contributed by atoms with Crippen molar-refractivity contribution in [2.45, 2.75) is 123 Å². The van der Waals surface area contributed by atoms with Crippen LogP contribution in [0.5, 0.6) is 0 Å². The topological polar surface area (TPSA) is 203 Å². The molecule has 1 amide bonds. The van der Waals surface area contributed by atoms with E-state index in [4.69, 9.17) is 94.3 Å². The van der Waals surface area contributed by atoms with Crippen LogP contribution >= 0.6 is 82.0 Å². The van der Waals surface area contributed by atoms with Crippen LogP contribution in [0.1, 0.15) is 153 Å². The third-order valence-corrected chi connectivity index (χ3v) is 19.2. The first kappa shape index (κ1) is 67.2. The number of nitrogens with one attached hydrogen (secondary N) is 1. The molecule has 2 atom stereocenters. The molecule has 87 heavy (non-hydrogen) atoms. The van der Waals surface area contributed by atoms with Crippen molar-refractivity contribution in [3.63, 3.8) is 0 Å². The van der Waals surface area contributed by atoms with Crippen molar-refractivity contribution >= 4 is 142 Å². The van der Waals surface area contributed by atoms with Gasteiger partial charge in [-0.25, -0.2) is 4.79 Å². The Hall–Kier alpha value is -5.76. The lowest BCUT2D eigenvalue weighted by atomic mass is 9.76. The summed E-state index contributed by atoms with van der Waals surface area (Å²) in [6, 6.07) is 33.1. The fourth-order valence-corrected chi connectivity index (χ4v) is 13.0. The number of nitrogens with two attached hydrogens (primary N) is 1. The number of rotatable bonds is 13. The number of benzene rings is 4. The second-order valence-corrected chi connectivity index (χ2v) is 24.1. The number of carbonyl (C=O) groups excluding carboxylic acids is 1. The molecule has 6 N–H and O–H groups in total. The SMILES string of the molecule is C.CC1(c2cc(Cl)c(Cl)c(Cl)c2)CC(c2ccc(C(=O)O)c3cccn23)=NO1.CCC1(CC)OB(O)c2cc(CN)ccc21.CCC1(CC)OB(O)c2cc(CNC(=O)c3ccc(C4=NOC(C)(c5cc(Cl)c(Cl)c(Cl)c5)C4)n4cccc34)ccc21.Cl. The van der Waals surface area contributed by atoms with Crippen LogP contribution in [-0.4, -0.2) is 61.5 Å². The van der Waals surface area contributed by atoms with Gasteiger partial charge in [0, 0.05) is 49.5 Å². The number of fused-ring (bicyclic) bond motifs is 4. The number of pyridine rings is 2. The molecule has 0 fully saturated rings. The van der Waals surface area contributed by atoms with Gasteiger partial charge in [-0.1, -0.05) is 151 Å². The molecule has 0 spiro atoms. The van der Waals surface area contributed by atoms with E-state index in [1.54, 1.807) is 65.2 Å². The summed E-state index contributed by atoms with van der Waals surface area (Å²) in [5.41, 5.74) is 15.5. The Balaban J connectivity index is 0.000000186.